The molecule has 0 aliphatic heterocycles. The standard InChI is InChI=1S/C9H16N2S/c1-3-4-9-11-6-8(12-9)7(2)5-10/h6-7H,3-5,10H2,1-2H3. The van der Waals surface area contributed by atoms with Crippen LogP contribution >= 0.6 is 11.3 Å². The highest BCUT2D eigenvalue weighted by molar-refractivity contribution is 7.11. The Bertz CT molecular complexity index is 232. The van der Waals surface area contributed by atoms with E-state index in [1.54, 1.807) is 11.3 Å². The zero-order valence-corrected chi connectivity index (χ0v) is 8.53. The van der Waals surface area contributed by atoms with Gasteiger partial charge in [0.05, 0.1) is 5.01 Å². The Morgan fingerprint density at radius 2 is 2.42 bits per heavy atom. The van der Waals surface area contributed by atoms with Gasteiger partial charge in [-0.05, 0) is 19.4 Å². The molecule has 1 rings (SSSR count). The number of nitrogens with two attached hydrogens (primary N) is 1. The summed E-state index contributed by atoms with van der Waals surface area (Å²) in [6.45, 7) is 5.03. The van der Waals surface area contributed by atoms with Crippen LogP contribution in [0.5, 0.6) is 0 Å². The van der Waals surface area contributed by atoms with Crippen LogP contribution in [0.25, 0.3) is 0 Å². The van der Waals surface area contributed by atoms with Gasteiger partial charge in [-0.1, -0.05) is 13.8 Å². The van der Waals surface area contributed by atoms with Gasteiger partial charge >= 0.3 is 0 Å². The summed E-state index contributed by atoms with van der Waals surface area (Å²) in [5.74, 6) is 0.466. The highest BCUT2D eigenvalue weighted by Crippen LogP contribution is 2.22. The van der Waals surface area contributed by atoms with Gasteiger partial charge < -0.3 is 5.73 Å². The van der Waals surface area contributed by atoms with Crippen LogP contribution in [-0.2, 0) is 6.42 Å². The van der Waals surface area contributed by atoms with Crippen molar-refractivity contribution in [3.63, 3.8) is 0 Å². The molecule has 1 atom stereocenters. The van der Waals surface area contributed by atoms with Crippen molar-refractivity contribution in [2.24, 2.45) is 5.73 Å². The summed E-state index contributed by atoms with van der Waals surface area (Å²) >= 11 is 1.80. The molecule has 0 aromatic carbocycles. The molecule has 0 radical (unpaired) electrons. The summed E-state index contributed by atoms with van der Waals surface area (Å²) in [4.78, 5) is 5.66. The summed E-state index contributed by atoms with van der Waals surface area (Å²) in [6.07, 6.45) is 4.24. The van der Waals surface area contributed by atoms with Crippen molar-refractivity contribution in [1.82, 2.24) is 4.98 Å². The van der Waals surface area contributed by atoms with E-state index in [4.69, 9.17) is 5.73 Å². The van der Waals surface area contributed by atoms with E-state index in [1.165, 1.54) is 16.3 Å². The van der Waals surface area contributed by atoms with Crippen LogP contribution in [0.4, 0.5) is 0 Å². The molecule has 0 saturated carbocycles. The molecule has 3 heteroatoms. The van der Waals surface area contributed by atoms with Gasteiger partial charge in [0.2, 0.25) is 0 Å². The van der Waals surface area contributed by atoms with Gasteiger partial charge in [-0.15, -0.1) is 11.3 Å². The Kier molecular flexibility index (Phi) is 3.69. The number of aromatic nitrogens is 1. The van der Waals surface area contributed by atoms with Gasteiger partial charge in [0.15, 0.2) is 0 Å². The van der Waals surface area contributed by atoms with Crippen LogP contribution in [0, 0.1) is 0 Å². The fraction of sp³-hybridized carbons (Fsp3) is 0.667. The van der Waals surface area contributed by atoms with E-state index in [2.05, 4.69) is 18.8 Å². The van der Waals surface area contributed by atoms with Crippen LogP contribution in [0.2, 0.25) is 0 Å². The molecule has 1 aromatic rings. The zero-order chi connectivity index (χ0) is 8.97. The third-order valence-corrected chi connectivity index (χ3v) is 3.16. The average Bonchev–Trinajstić information content (AvgIpc) is 2.52. The summed E-state index contributed by atoms with van der Waals surface area (Å²) < 4.78 is 0. The van der Waals surface area contributed by atoms with Crippen molar-refractivity contribution in [2.45, 2.75) is 32.6 Å². The molecule has 1 unspecified atom stereocenters. The number of aryl methyl sites for hydroxylation is 1. The first-order chi connectivity index (χ1) is 5.77. The maximum absolute atomic E-state index is 5.57. The predicted molar refractivity (Wildman–Crippen MR) is 53.6 cm³/mol. The molecule has 0 fully saturated rings. The fourth-order valence-electron chi connectivity index (χ4n) is 0.998. The van der Waals surface area contributed by atoms with Crippen LogP contribution in [0.15, 0.2) is 6.20 Å². The molecule has 12 heavy (non-hydrogen) atoms. The molecule has 0 amide bonds. The summed E-state index contributed by atoms with van der Waals surface area (Å²) in [6, 6.07) is 0. The molecule has 0 spiro atoms. The lowest BCUT2D eigenvalue weighted by molar-refractivity contribution is 0.787. The normalized spacial score (nSPS) is 13.2. The van der Waals surface area contributed by atoms with Gasteiger partial charge in [0.1, 0.15) is 0 Å². The lowest BCUT2D eigenvalue weighted by atomic mass is 10.2. The van der Waals surface area contributed by atoms with Crippen molar-refractivity contribution in [2.75, 3.05) is 6.54 Å². The molecule has 1 aromatic heterocycles. The minimum absolute atomic E-state index is 0.466. The Labute approximate surface area is 77.8 Å². The summed E-state index contributed by atoms with van der Waals surface area (Å²) in [5.41, 5.74) is 5.57. The Balaban J connectivity index is 2.63. The number of thiazole rings is 1. The van der Waals surface area contributed by atoms with Crippen LogP contribution in [0.3, 0.4) is 0 Å². The van der Waals surface area contributed by atoms with Crippen molar-refractivity contribution in [3.8, 4) is 0 Å². The Morgan fingerprint density at radius 3 is 3.00 bits per heavy atom. The predicted octanol–water partition coefficient (Wildman–Crippen LogP) is 2.16. The zero-order valence-electron chi connectivity index (χ0n) is 7.71. The highest BCUT2D eigenvalue weighted by atomic mass is 32.1. The van der Waals surface area contributed by atoms with E-state index in [0.717, 1.165) is 6.42 Å². The first kappa shape index (κ1) is 9.68. The molecule has 2 nitrogen and oxygen atoms in total. The maximum Gasteiger partial charge on any atom is 0.0927 e. The molecule has 68 valence electrons. The fourth-order valence-corrected chi connectivity index (χ4v) is 2.08. The topological polar surface area (TPSA) is 38.9 Å². The van der Waals surface area contributed by atoms with Crippen LogP contribution in [-0.4, -0.2) is 11.5 Å². The lowest BCUT2D eigenvalue weighted by Crippen LogP contribution is -2.07. The minimum atomic E-state index is 0.466. The minimum Gasteiger partial charge on any atom is -0.330 e. The number of hydrogen-bond donors (Lipinski definition) is 1. The smallest absolute Gasteiger partial charge is 0.0927 e. The second kappa shape index (κ2) is 4.58. The SMILES string of the molecule is CCCc1ncc(C(C)CN)s1. The average molecular weight is 184 g/mol. The third kappa shape index (κ3) is 2.29. The molecule has 1 heterocycles. The van der Waals surface area contributed by atoms with E-state index >= 15 is 0 Å². The van der Waals surface area contributed by atoms with E-state index in [-0.39, 0.29) is 0 Å². The van der Waals surface area contributed by atoms with Gasteiger partial charge in [-0.25, -0.2) is 4.98 Å². The summed E-state index contributed by atoms with van der Waals surface area (Å²) in [5, 5.41) is 1.24. The van der Waals surface area contributed by atoms with E-state index < -0.39 is 0 Å². The molecular weight excluding hydrogens is 168 g/mol. The second-order valence-electron chi connectivity index (χ2n) is 3.04. The molecule has 0 aliphatic rings. The van der Waals surface area contributed by atoms with E-state index in [9.17, 15) is 0 Å². The molecule has 0 saturated heterocycles. The highest BCUT2D eigenvalue weighted by Gasteiger charge is 2.07. The first-order valence-electron chi connectivity index (χ1n) is 4.42. The number of rotatable bonds is 4. The first-order valence-corrected chi connectivity index (χ1v) is 5.24. The van der Waals surface area contributed by atoms with Crippen molar-refractivity contribution in [1.29, 1.82) is 0 Å². The maximum atomic E-state index is 5.57. The van der Waals surface area contributed by atoms with E-state index in [1.807, 2.05) is 6.20 Å². The van der Waals surface area contributed by atoms with Crippen molar-refractivity contribution in [3.05, 3.63) is 16.1 Å². The molecular formula is C9H16N2S. The van der Waals surface area contributed by atoms with Gasteiger partial charge in [-0.2, -0.15) is 0 Å². The number of hydrogen-bond acceptors (Lipinski definition) is 3. The summed E-state index contributed by atoms with van der Waals surface area (Å²) in [7, 11) is 0. The molecule has 2 N–H and O–H groups in total. The van der Waals surface area contributed by atoms with Gasteiger partial charge in [0, 0.05) is 17.0 Å². The van der Waals surface area contributed by atoms with Crippen molar-refractivity contribution < 1.29 is 0 Å². The van der Waals surface area contributed by atoms with E-state index in [0.29, 0.717) is 12.5 Å². The van der Waals surface area contributed by atoms with Gasteiger partial charge in [-0.3, -0.25) is 0 Å². The Hall–Kier alpha value is -0.410. The quantitative estimate of drug-likeness (QED) is 0.778. The molecule has 0 aliphatic carbocycles. The Morgan fingerprint density at radius 1 is 1.67 bits per heavy atom. The van der Waals surface area contributed by atoms with Gasteiger partial charge in [0.25, 0.3) is 0 Å². The van der Waals surface area contributed by atoms with Crippen molar-refractivity contribution >= 4 is 11.3 Å². The van der Waals surface area contributed by atoms with Crippen LogP contribution < -0.4 is 5.73 Å². The second-order valence-corrected chi connectivity index (χ2v) is 4.19. The third-order valence-electron chi connectivity index (χ3n) is 1.87. The number of nitrogens with zero attached hydrogens (tertiary/aromatic N) is 1. The molecule has 0 bridgehead atoms. The monoisotopic (exact) mass is 184 g/mol. The largest absolute Gasteiger partial charge is 0.330 e. The lowest BCUT2D eigenvalue weighted by Gasteiger charge is -2.01. The van der Waals surface area contributed by atoms with Crippen LogP contribution in [0.1, 0.15) is 36.1 Å².